The van der Waals surface area contributed by atoms with Gasteiger partial charge in [0.05, 0.1) is 11.3 Å². The third-order valence-corrected chi connectivity index (χ3v) is 6.39. The fourth-order valence-electron chi connectivity index (χ4n) is 4.08. The van der Waals surface area contributed by atoms with E-state index in [0.29, 0.717) is 17.1 Å². The molecule has 0 aromatic heterocycles. The summed E-state index contributed by atoms with van der Waals surface area (Å²) in [6.07, 6.45) is 26.6. The van der Waals surface area contributed by atoms with Gasteiger partial charge in [-0.3, -0.25) is 4.79 Å². The van der Waals surface area contributed by atoms with Crippen molar-refractivity contribution < 1.29 is 14.7 Å². The molecule has 1 amide bonds. The van der Waals surface area contributed by atoms with Crippen molar-refractivity contribution in [1.29, 1.82) is 0 Å². The number of aromatic carboxylic acids is 1. The molecule has 0 radical (unpaired) electrons. The largest absolute Gasteiger partial charge is 0.478 e. The summed E-state index contributed by atoms with van der Waals surface area (Å²) in [6, 6.07) is 4.47. The summed E-state index contributed by atoms with van der Waals surface area (Å²) in [7, 11) is 0. The van der Waals surface area contributed by atoms with Crippen molar-refractivity contribution in [3.63, 3.8) is 0 Å². The Kier molecular flexibility index (Phi) is 18.3. The second kappa shape index (κ2) is 20.6. The Balaban J connectivity index is 1.91. The molecule has 0 heterocycles. The number of anilines is 1. The molecule has 34 heavy (non-hydrogen) atoms. The van der Waals surface area contributed by atoms with E-state index in [4.69, 9.17) is 11.6 Å². The molecule has 0 atom stereocenters. The molecular weight excluding hydrogens is 446 g/mol. The number of carbonyl (C=O) groups excluding carboxylic acids is 1. The third-order valence-electron chi connectivity index (χ3n) is 6.15. The summed E-state index contributed by atoms with van der Waals surface area (Å²) in [5, 5.41) is 12.3. The summed E-state index contributed by atoms with van der Waals surface area (Å²) in [6.45, 7) is 2.27. The topological polar surface area (TPSA) is 66.4 Å². The van der Waals surface area contributed by atoms with Crippen molar-refractivity contribution >= 4 is 29.2 Å². The number of halogens is 1. The van der Waals surface area contributed by atoms with Crippen LogP contribution in [0.3, 0.4) is 0 Å². The average molecular weight is 492 g/mol. The number of rotatable bonds is 21. The van der Waals surface area contributed by atoms with Gasteiger partial charge in [0, 0.05) is 11.4 Å². The van der Waals surface area contributed by atoms with Crippen molar-refractivity contribution in [1.82, 2.24) is 0 Å². The number of carboxylic acids is 1. The Morgan fingerprint density at radius 2 is 1.29 bits per heavy atom. The monoisotopic (exact) mass is 491 g/mol. The van der Waals surface area contributed by atoms with E-state index >= 15 is 0 Å². The Labute approximate surface area is 212 Å². The lowest BCUT2D eigenvalue weighted by Gasteiger charge is -2.09. The number of benzene rings is 1. The minimum Gasteiger partial charge on any atom is -0.478 e. The van der Waals surface area contributed by atoms with Crippen molar-refractivity contribution in [2.24, 2.45) is 0 Å². The summed E-state index contributed by atoms with van der Waals surface area (Å²) in [4.78, 5) is 23.4. The van der Waals surface area contributed by atoms with Crippen LogP contribution in [-0.2, 0) is 4.79 Å². The van der Waals surface area contributed by atoms with Crippen molar-refractivity contribution in [2.45, 2.75) is 122 Å². The summed E-state index contributed by atoms with van der Waals surface area (Å²) < 4.78 is 0. The van der Waals surface area contributed by atoms with E-state index in [0.717, 1.165) is 19.3 Å². The van der Waals surface area contributed by atoms with Gasteiger partial charge in [-0.2, -0.15) is 0 Å². The van der Waals surface area contributed by atoms with E-state index in [9.17, 15) is 14.7 Å². The maximum absolute atomic E-state index is 12.1. The van der Waals surface area contributed by atoms with Gasteiger partial charge in [0.1, 0.15) is 0 Å². The van der Waals surface area contributed by atoms with Crippen LogP contribution in [0.2, 0.25) is 5.02 Å². The highest BCUT2D eigenvalue weighted by molar-refractivity contribution is 6.31. The first-order valence-corrected chi connectivity index (χ1v) is 13.9. The minimum atomic E-state index is -1.10. The predicted molar refractivity (Wildman–Crippen MR) is 145 cm³/mol. The Morgan fingerprint density at radius 3 is 1.82 bits per heavy atom. The fourth-order valence-corrected chi connectivity index (χ4v) is 4.25. The van der Waals surface area contributed by atoms with Gasteiger partial charge in [-0.15, -0.1) is 0 Å². The van der Waals surface area contributed by atoms with E-state index in [1.807, 2.05) is 0 Å². The minimum absolute atomic E-state index is 0.0186. The molecule has 2 N–H and O–H groups in total. The second-order valence-corrected chi connectivity index (χ2v) is 9.73. The van der Waals surface area contributed by atoms with Gasteiger partial charge < -0.3 is 10.4 Å². The molecule has 0 saturated heterocycles. The number of amides is 1. The van der Waals surface area contributed by atoms with Gasteiger partial charge in [-0.05, 0) is 50.3 Å². The summed E-state index contributed by atoms with van der Waals surface area (Å²) in [5.41, 5.74) is 0.320. The highest BCUT2D eigenvalue weighted by atomic mass is 35.5. The first kappa shape index (κ1) is 30.2. The standard InChI is InChI=1S/C29H46ClNO3/c1-2-3-4-5-6-7-8-9-10-11-12-13-14-15-16-17-18-19-20-21-28(32)31-27-23-22-25(30)24-26(27)29(33)34/h9-10,22-24H,2-8,11-21H2,1H3,(H,31,32)(H,33,34). The molecule has 0 bridgehead atoms. The highest BCUT2D eigenvalue weighted by Gasteiger charge is 2.13. The molecule has 4 nitrogen and oxygen atoms in total. The second-order valence-electron chi connectivity index (χ2n) is 9.29. The van der Waals surface area contributed by atoms with Crippen LogP contribution < -0.4 is 5.32 Å². The maximum atomic E-state index is 12.1. The van der Waals surface area contributed by atoms with Crippen LogP contribution in [0.4, 0.5) is 5.69 Å². The van der Waals surface area contributed by atoms with Gasteiger partial charge in [0.2, 0.25) is 5.91 Å². The Hall–Kier alpha value is -1.81. The molecule has 0 spiro atoms. The number of nitrogens with one attached hydrogen (secondary N) is 1. The zero-order valence-corrected chi connectivity index (χ0v) is 22.0. The molecule has 0 aliphatic heterocycles. The van der Waals surface area contributed by atoms with E-state index in [2.05, 4.69) is 24.4 Å². The number of unbranched alkanes of at least 4 members (excludes halogenated alkanes) is 15. The van der Waals surface area contributed by atoms with Crippen molar-refractivity contribution in [3.05, 3.63) is 40.9 Å². The van der Waals surface area contributed by atoms with E-state index in [1.54, 1.807) is 6.07 Å². The molecule has 192 valence electrons. The number of carbonyl (C=O) groups is 2. The predicted octanol–water partition coefficient (Wildman–Crippen LogP) is 9.57. The first-order valence-electron chi connectivity index (χ1n) is 13.5. The zero-order valence-electron chi connectivity index (χ0n) is 21.3. The lowest BCUT2D eigenvalue weighted by Crippen LogP contribution is -2.14. The molecule has 1 aromatic carbocycles. The van der Waals surface area contributed by atoms with Gasteiger partial charge in [-0.1, -0.05) is 108 Å². The average Bonchev–Trinajstić information content (AvgIpc) is 2.81. The van der Waals surface area contributed by atoms with Crippen molar-refractivity contribution in [2.75, 3.05) is 5.32 Å². The SMILES string of the molecule is CCCCCCCCC=CCCCCCCCCCCCC(=O)Nc1ccc(Cl)cc1C(=O)O. The highest BCUT2D eigenvalue weighted by Crippen LogP contribution is 2.21. The normalized spacial score (nSPS) is 11.2. The van der Waals surface area contributed by atoms with Gasteiger partial charge in [0.15, 0.2) is 0 Å². The lowest BCUT2D eigenvalue weighted by atomic mass is 10.1. The van der Waals surface area contributed by atoms with Crippen LogP contribution in [-0.4, -0.2) is 17.0 Å². The molecule has 1 aromatic rings. The molecule has 0 unspecified atom stereocenters. The van der Waals surface area contributed by atoms with E-state index in [1.165, 1.54) is 102 Å². The first-order chi connectivity index (χ1) is 16.5. The molecular formula is C29H46ClNO3. The quantitative estimate of drug-likeness (QED) is 0.133. The summed E-state index contributed by atoms with van der Waals surface area (Å²) in [5.74, 6) is -1.25. The van der Waals surface area contributed by atoms with E-state index < -0.39 is 5.97 Å². The van der Waals surface area contributed by atoms with Gasteiger partial charge in [0.25, 0.3) is 0 Å². The van der Waals surface area contributed by atoms with Crippen LogP contribution in [0.5, 0.6) is 0 Å². The molecule has 5 heteroatoms. The Morgan fingerprint density at radius 1 is 0.794 bits per heavy atom. The molecule has 0 saturated carbocycles. The van der Waals surface area contributed by atoms with E-state index in [-0.39, 0.29) is 11.5 Å². The van der Waals surface area contributed by atoms with Crippen LogP contribution >= 0.6 is 11.6 Å². The number of hydrogen-bond donors (Lipinski definition) is 2. The zero-order chi connectivity index (χ0) is 24.9. The van der Waals surface area contributed by atoms with Crippen molar-refractivity contribution in [3.8, 4) is 0 Å². The smallest absolute Gasteiger partial charge is 0.337 e. The Bertz CT molecular complexity index is 717. The molecule has 0 aliphatic rings. The lowest BCUT2D eigenvalue weighted by molar-refractivity contribution is -0.116. The van der Waals surface area contributed by atoms with Crippen LogP contribution in [0.1, 0.15) is 133 Å². The number of hydrogen-bond acceptors (Lipinski definition) is 2. The third kappa shape index (κ3) is 15.9. The van der Waals surface area contributed by atoms with Crippen LogP contribution in [0.15, 0.2) is 30.4 Å². The summed E-state index contributed by atoms with van der Waals surface area (Å²) >= 11 is 5.84. The van der Waals surface area contributed by atoms with Gasteiger partial charge in [-0.25, -0.2) is 4.79 Å². The number of carboxylic acid groups (broad SMARTS) is 1. The fraction of sp³-hybridized carbons (Fsp3) is 0.655. The molecule has 0 aliphatic carbocycles. The van der Waals surface area contributed by atoms with Crippen LogP contribution in [0.25, 0.3) is 0 Å². The van der Waals surface area contributed by atoms with Crippen LogP contribution in [0, 0.1) is 0 Å². The number of allylic oxidation sites excluding steroid dienone is 2. The van der Waals surface area contributed by atoms with Gasteiger partial charge >= 0.3 is 5.97 Å². The molecule has 0 fully saturated rings. The maximum Gasteiger partial charge on any atom is 0.337 e. The molecule has 1 rings (SSSR count).